The lowest BCUT2D eigenvalue weighted by Crippen LogP contribution is -2.11. The molecule has 2 rings (SSSR count). The minimum Gasteiger partial charge on any atom is -0.489 e. The maximum Gasteiger partial charge on any atom is 0.437 e. The molecule has 0 fully saturated rings. The standard InChI is InChI=1S/C17H16Cl2N2O3/c1-11(2)21-24-17(22)20-13-5-3-4-12(8-13)10-23-14-6-7-15(18)16(19)9-14/h3-9H,10H2,1-2H3,(H,20,22). The highest BCUT2D eigenvalue weighted by molar-refractivity contribution is 6.42. The molecule has 2 aromatic rings. The minimum absolute atomic E-state index is 0.314. The summed E-state index contributed by atoms with van der Waals surface area (Å²) in [7, 11) is 0. The Morgan fingerprint density at radius 2 is 1.92 bits per heavy atom. The summed E-state index contributed by atoms with van der Waals surface area (Å²) in [5.74, 6) is 0.606. The SMILES string of the molecule is CC(C)=NOC(=O)Nc1cccc(COc2ccc(Cl)c(Cl)c2)c1. The molecule has 5 nitrogen and oxygen atoms in total. The number of amides is 1. The first kappa shape index (κ1) is 18.1. The van der Waals surface area contributed by atoms with E-state index in [9.17, 15) is 4.79 Å². The molecule has 0 atom stereocenters. The van der Waals surface area contributed by atoms with E-state index in [1.165, 1.54) is 0 Å². The molecular weight excluding hydrogens is 351 g/mol. The number of hydrogen-bond acceptors (Lipinski definition) is 4. The van der Waals surface area contributed by atoms with Crippen LogP contribution in [0.1, 0.15) is 19.4 Å². The number of anilines is 1. The highest BCUT2D eigenvalue weighted by atomic mass is 35.5. The van der Waals surface area contributed by atoms with Gasteiger partial charge in [-0.3, -0.25) is 10.2 Å². The van der Waals surface area contributed by atoms with Crippen LogP contribution < -0.4 is 10.1 Å². The normalized spacial score (nSPS) is 10.0. The number of carbonyl (C=O) groups is 1. The molecule has 126 valence electrons. The summed E-state index contributed by atoms with van der Waals surface area (Å²) in [6.45, 7) is 3.78. The maximum atomic E-state index is 11.6. The first-order valence-corrected chi connectivity index (χ1v) is 7.85. The number of benzene rings is 2. The van der Waals surface area contributed by atoms with Gasteiger partial charge in [-0.15, -0.1) is 0 Å². The summed E-state index contributed by atoms with van der Waals surface area (Å²) >= 11 is 11.8. The van der Waals surface area contributed by atoms with E-state index < -0.39 is 6.09 Å². The van der Waals surface area contributed by atoms with Crippen LogP contribution in [-0.4, -0.2) is 11.8 Å². The summed E-state index contributed by atoms with van der Waals surface area (Å²) in [5.41, 5.74) is 2.10. The van der Waals surface area contributed by atoms with Gasteiger partial charge in [0.2, 0.25) is 0 Å². The number of carbonyl (C=O) groups excluding carboxylic acids is 1. The van der Waals surface area contributed by atoms with Crippen LogP contribution in [0.2, 0.25) is 10.0 Å². The fourth-order valence-electron chi connectivity index (χ4n) is 1.75. The van der Waals surface area contributed by atoms with Crippen molar-refractivity contribution in [1.82, 2.24) is 0 Å². The summed E-state index contributed by atoms with van der Waals surface area (Å²) in [6.07, 6.45) is -0.654. The lowest BCUT2D eigenvalue weighted by Gasteiger charge is -2.09. The van der Waals surface area contributed by atoms with Crippen LogP contribution in [0, 0.1) is 0 Å². The van der Waals surface area contributed by atoms with Crippen molar-refractivity contribution in [1.29, 1.82) is 0 Å². The molecule has 0 spiro atoms. The zero-order valence-electron chi connectivity index (χ0n) is 13.2. The smallest absolute Gasteiger partial charge is 0.437 e. The predicted octanol–water partition coefficient (Wildman–Crippen LogP) is 5.52. The second-order valence-corrected chi connectivity index (χ2v) is 5.92. The van der Waals surface area contributed by atoms with Crippen LogP contribution in [0.15, 0.2) is 47.6 Å². The Labute approximate surface area is 150 Å². The number of halogens is 2. The lowest BCUT2D eigenvalue weighted by atomic mass is 10.2. The van der Waals surface area contributed by atoms with Gasteiger partial charge in [-0.1, -0.05) is 40.5 Å². The number of oxime groups is 1. The van der Waals surface area contributed by atoms with Gasteiger partial charge in [-0.25, -0.2) is 4.79 Å². The van der Waals surface area contributed by atoms with Crippen molar-refractivity contribution in [3.8, 4) is 5.75 Å². The Balaban J connectivity index is 1.96. The molecule has 2 aromatic carbocycles. The molecule has 0 saturated carbocycles. The van der Waals surface area contributed by atoms with Gasteiger partial charge < -0.3 is 4.74 Å². The third kappa shape index (κ3) is 5.76. The number of ether oxygens (including phenoxy) is 1. The number of rotatable bonds is 5. The number of hydrogen-bond donors (Lipinski definition) is 1. The third-order valence-electron chi connectivity index (χ3n) is 2.78. The Hall–Kier alpha value is -2.24. The van der Waals surface area contributed by atoms with E-state index in [1.807, 2.05) is 6.07 Å². The highest BCUT2D eigenvalue weighted by Crippen LogP contribution is 2.26. The van der Waals surface area contributed by atoms with Crippen molar-refractivity contribution in [2.45, 2.75) is 20.5 Å². The van der Waals surface area contributed by atoms with E-state index in [1.54, 1.807) is 50.2 Å². The van der Waals surface area contributed by atoms with Crippen LogP contribution >= 0.6 is 23.2 Å². The fraction of sp³-hybridized carbons (Fsp3) is 0.176. The van der Waals surface area contributed by atoms with Crippen LogP contribution in [0.25, 0.3) is 0 Å². The molecule has 1 amide bonds. The zero-order valence-corrected chi connectivity index (χ0v) is 14.7. The van der Waals surface area contributed by atoms with Crippen molar-refractivity contribution in [3.63, 3.8) is 0 Å². The van der Waals surface area contributed by atoms with Crippen molar-refractivity contribution >= 4 is 40.7 Å². The van der Waals surface area contributed by atoms with Gasteiger partial charge >= 0.3 is 6.09 Å². The second kappa shape index (κ2) is 8.57. The van der Waals surface area contributed by atoms with Crippen LogP contribution in [0.4, 0.5) is 10.5 Å². The average molecular weight is 367 g/mol. The topological polar surface area (TPSA) is 59.9 Å². The highest BCUT2D eigenvalue weighted by Gasteiger charge is 2.05. The molecule has 0 bridgehead atoms. The number of nitrogens with zero attached hydrogens (tertiary/aromatic N) is 1. The molecule has 0 saturated heterocycles. The molecular formula is C17H16Cl2N2O3. The molecule has 7 heteroatoms. The van der Waals surface area contributed by atoms with Crippen molar-refractivity contribution < 1.29 is 14.4 Å². The average Bonchev–Trinajstić information content (AvgIpc) is 2.54. The molecule has 0 heterocycles. The first-order valence-electron chi connectivity index (χ1n) is 7.10. The largest absolute Gasteiger partial charge is 0.489 e. The zero-order chi connectivity index (χ0) is 17.5. The molecule has 0 radical (unpaired) electrons. The van der Waals surface area contributed by atoms with Crippen molar-refractivity contribution in [2.75, 3.05) is 5.32 Å². The van der Waals surface area contributed by atoms with Gasteiger partial charge in [-0.05, 0) is 43.7 Å². The van der Waals surface area contributed by atoms with Gasteiger partial charge in [0.1, 0.15) is 12.4 Å². The van der Waals surface area contributed by atoms with E-state index in [4.69, 9.17) is 27.9 Å². The Kier molecular flexibility index (Phi) is 6.46. The molecule has 0 unspecified atom stereocenters. The molecule has 0 aliphatic rings. The first-order chi connectivity index (χ1) is 11.4. The molecule has 24 heavy (non-hydrogen) atoms. The Morgan fingerprint density at radius 1 is 1.12 bits per heavy atom. The van der Waals surface area contributed by atoms with Crippen molar-refractivity contribution in [2.24, 2.45) is 5.16 Å². The van der Waals surface area contributed by atoms with E-state index >= 15 is 0 Å². The quantitative estimate of drug-likeness (QED) is 0.430. The van der Waals surface area contributed by atoms with E-state index in [0.717, 1.165) is 5.56 Å². The van der Waals surface area contributed by atoms with Crippen LogP contribution in [-0.2, 0) is 11.4 Å². The summed E-state index contributed by atoms with van der Waals surface area (Å²) in [5, 5.41) is 7.08. The Morgan fingerprint density at radius 3 is 2.62 bits per heavy atom. The maximum absolute atomic E-state index is 11.6. The molecule has 0 aromatic heterocycles. The minimum atomic E-state index is -0.654. The fourth-order valence-corrected chi connectivity index (χ4v) is 2.03. The van der Waals surface area contributed by atoms with Gasteiger partial charge in [0.25, 0.3) is 0 Å². The Bertz CT molecular complexity index is 759. The van der Waals surface area contributed by atoms with Gasteiger partial charge in [0.05, 0.1) is 15.8 Å². The predicted molar refractivity (Wildman–Crippen MR) is 96.1 cm³/mol. The van der Waals surface area contributed by atoms with Gasteiger partial charge in [0, 0.05) is 11.8 Å². The van der Waals surface area contributed by atoms with Gasteiger partial charge in [-0.2, -0.15) is 0 Å². The van der Waals surface area contributed by atoms with E-state index in [2.05, 4.69) is 15.3 Å². The lowest BCUT2D eigenvalue weighted by molar-refractivity contribution is 0.166. The van der Waals surface area contributed by atoms with Crippen LogP contribution in [0.5, 0.6) is 5.75 Å². The summed E-state index contributed by atoms with van der Waals surface area (Å²) in [4.78, 5) is 16.3. The summed E-state index contributed by atoms with van der Waals surface area (Å²) < 4.78 is 5.66. The van der Waals surface area contributed by atoms with Crippen molar-refractivity contribution in [3.05, 3.63) is 58.1 Å². The molecule has 0 aliphatic carbocycles. The molecule has 0 aliphatic heterocycles. The van der Waals surface area contributed by atoms with E-state index in [-0.39, 0.29) is 0 Å². The third-order valence-corrected chi connectivity index (χ3v) is 3.52. The summed E-state index contributed by atoms with van der Waals surface area (Å²) in [6, 6.07) is 12.3. The van der Waals surface area contributed by atoms with E-state index in [0.29, 0.717) is 33.8 Å². The van der Waals surface area contributed by atoms with Crippen LogP contribution in [0.3, 0.4) is 0 Å². The second-order valence-electron chi connectivity index (χ2n) is 5.11. The van der Waals surface area contributed by atoms with Gasteiger partial charge in [0.15, 0.2) is 0 Å². The monoisotopic (exact) mass is 366 g/mol. The number of nitrogens with one attached hydrogen (secondary N) is 1. The molecule has 1 N–H and O–H groups in total.